The van der Waals surface area contributed by atoms with Crippen LogP contribution >= 0.6 is 23.4 Å². The molecule has 1 aromatic heterocycles. The zero-order valence-corrected chi connectivity index (χ0v) is 22.9. The second kappa shape index (κ2) is 10.7. The highest BCUT2D eigenvalue weighted by Crippen LogP contribution is 2.36. The van der Waals surface area contributed by atoms with Gasteiger partial charge in [-0.2, -0.15) is 0 Å². The fraction of sp³-hybridized carbons (Fsp3) is 0.286. The number of likely N-dealkylation sites (N-methyl/N-ethyl adjacent to an activating group) is 1. The van der Waals surface area contributed by atoms with Crippen molar-refractivity contribution in [3.63, 3.8) is 0 Å². The van der Waals surface area contributed by atoms with Gasteiger partial charge in [-0.3, -0.25) is 9.69 Å². The van der Waals surface area contributed by atoms with E-state index in [1.54, 1.807) is 19.1 Å². The summed E-state index contributed by atoms with van der Waals surface area (Å²) in [6, 6.07) is 15.7. The van der Waals surface area contributed by atoms with E-state index in [9.17, 15) is 4.79 Å². The van der Waals surface area contributed by atoms with Gasteiger partial charge in [0, 0.05) is 42.2 Å². The van der Waals surface area contributed by atoms with Crippen LogP contribution < -0.4 is 9.64 Å². The van der Waals surface area contributed by atoms with Crippen molar-refractivity contribution in [2.45, 2.75) is 13.8 Å². The van der Waals surface area contributed by atoms with Gasteiger partial charge in [-0.05, 0) is 85.8 Å². The molecule has 37 heavy (non-hydrogen) atoms. The van der Waals surface area contributed by atoms with Crippen LogP contribution in [0, 0.1) is 13.8 Å². The maximum Gasteiger partial charge on any atom is 0.266 e. The van der Waals surface area contributed by atoms with Gasteiger partial charge < -0.3 is 18.9 Å². The molecule has 7 nitrogen and oxygen atoms in total. The smallest absolute Gasteiger partial charge is 0.266 e. The number of carbonyl (C=O) groups excluding carboxylic acids is 1. The first-order chi connectivity index (χ1) is 17.9. The molecule has 5 rings (SSSR count). The van der Waals surface area contributed by atoms with Gasteiger partial charge in [-0.1, -0.05) is 11.6 Å². The lowest BCUT2D eigenvalue weighted by atomic mass is 10.2. The molecule has 0 atom stereocenters. The fourth-order valence-corrected chi connectivity index (χ4v) is 5.75. The Morgan fingerprint density at radius 1 is 1.08 bits per heavy atom. The van der Waals surface area contributed by atoms with Crippen LogP contribution in [0.4, 0.5) is 11.4 Å². The number of methoxy groups -OCH3 is 1. The Kier molecular flexibility index (Phi) is 7.33. The van der Waals surface area contributed by atoms with Crippen molar-refractivity contribution >= 4 is 51.9 Å². The molecule has 2 aliphatic heterocycles. The van der Waals surface area contributed by atoms with Crippen molar-refractivity contribution in [3.05, 3.63) is 75.4 Å². The van der Waals surface area contributed by atoms with Crippen LogP contribution in [-0.4, -0.2) is 61.0 Å². The Balaban J connectivity index is 1.40. The number of carbonyl (C=O) groups is 1. The molecule has 0 radical (unpaired) electrons. The Morgan fingerprint density at radius 2 is 1.81 bits per heavy atom. The van der Waals surface area contributed by atoms with E-state index in [-0.39, 0.29) is 5.91 Å². The third-order valence-electron chi connectivity index (χ3n) is 6.59. The summed E-state index contributed by atoms with van der Waals surface area (Å²) in [4.78, 5) is 22.4. The number of halogens is 1. The van der Waals surface area contributed by atoms with Gasteiger partial charge in [-0.15, -0.1) is 0 Å². The number of thioether (sulfide) groups is 1. The summed E-state index contributed by atoms with van der Waals surface area (Å²) in [5.41, 5.74) is 5.79. The Bertz CT molecular complexity index is 1390. The highest BCUT2D eigenvalue weighted by Gasteiger charge is 2.31. The van der Waals surface area contributed by atoms with Gasteiger partial charge in [0.1, 0.15) is 5.75 Å². The highest BCUT2D eigenvalue weighted by molar-refractivity contribution is 8.18. The van der Waals surface area contributed by atoms with Crippen LogP contribution in [0.5, 0.6) is 5.75 Å². The minimum Gasteiger partial charge on any atom is -0.495 e. The van der Waals surface area contributed by atoms with E-state index in [4.69, 9.17) is 26.1 Å². The zero-order chi connectivity index (χ0) is 26.1. The first-order valence-electron chi connectivity index (χ1n) is 12.1. The number of amides is 1. The Labute approximate surface area is 226 Å². The van der Waals surface area contributed by atoms with Gasteiger partial charge in [0.25, 0.3) is 5.91 Å². The van der Waals surface area contributed by atoms with Crippen molar-refractivity contribution in [3.8, 4) is 11.4 Å². The van der Waals surface area contributed by atoms with Crippen molar-refractivity contribution < 1.29 is 14.3 Å². The molecule has 0 saturated carbocycles. The Morgan fingerprint density at radius 3 is 2.51 bits per heavy atom. The van der Waals surface area contributed by atoms with Gasteiger partial charge in [-0.25, -0.2) is 4.99 Å². The summed E-state index contributed by atoms with van der Waals surface area (Å²) in [5.74, 6) is 0.657. The molecule has 3 aromatic rings. The number of benzene rings is 2. The lowest BCUT2D eigenvalue weighted by molar-refractivity contribution is -0.121. The maximum absolute atomic E-state index is 13.1. The third-order valence-corrected chi connectivity index (χ3v) is 7.89. The SMILES string of the molecule is COc1ccc(Cl)cc1-n1c(C)cc(/C=C2\SC(=Nc3ccc(N4CCOCC4)cc3)N(C)C2=O)c1C. The van der Waals surface area contributed by atoms with Gasteiger partial charge in [0.15, 0.2) is 5.17 Å². The lowest BCUT2D eigenvalue weighted by Crippen LogP contribution is -2.36. The van der Waals surface area contributed by atoms with E-state index in [2.05, 4.69) is 27.7 Å². The molecule has 3 heterocycles. The monoisotopic (exact) mass is 536 g/mol. The molecule has 0 spiro atoms. The summed E-state index contributed by atoms with van der Waals surface area (Å²) in [6.07, 6.45) is 1.93. The molecular formula is C28H29ClN4O3S. The number of ether oxygens (including phenoxy) is 2. The average Bonchev–Trinajstić information content (AvgIpc) is 3.33. The largest absolute Gasteiger partial charge is 0.495 e. The summed E-state index contributed by atoms with van der Waals surface area (Å²) in [6.45, 7) is 7.33. The number of hydrogen-bond donors (Lipinski definition) is 0. The number of morpholine rings is 1. The van der Waals surface area contributed by atoms with Crippen LogP contribution in [0.15, 0.2) is 58.4 Å². The number of nitrogens with zero attached hydrogens (tertiary/aromatic N) is 4. The zero-order valence-electron chi connectivity index (χ0n) is 21.3. The normalized spacial score (nSPS) is 18.4. The quantitative estimate of drug-likeness (QED) is 0.384. The van der Waals surface area contributed by atoms with E-state index in [0.717, 1.165) is 66.1 Å². The summed E-state index contributed by atoms with van der Waals surface area (Å²) in [7, 11) is 3.40. The summed E-state index contributed by atoms with van der Waals surface area (Å²) >= 11 is 7.67. The van der Waals surface area contributed by atoms with E-state index in [1.165, 1.54) is 11.8 Å². The predicted octanol–water partition coefficient (Wildman–Crippen LogP) is 5.83. The number of aryl methyl sites for hydroxylation is 1. The molecule has 2 saturated heterocycles. The first-order valence-corrected chi connectivity index (χ1v) is 13.3. The second-order valence-corrected chi connectivity index (χ2v) is 10.4. The minimum absolute atomic E-state index is 0.0705. The molecule has 9 heteroatoms. The lowest BCUT2D eigenvalue weighted by Gasteiger charge is -2.28. The van der Waals surface area contributed by atoms with E-state index in [1.807, 2.05) is 50.3 Å². The maximum atomic E-state index is 13.1. The van der Waals surface area contributed by atoms with E-state index >= 15 is 0 Å². The van der Waals surface area contributed by atoms with Crippen molar-refractivity contribution in [2.75, 3.05) is 45.4 Å². The third kappa shape index (κ3) is 5.14. The standard InChI is InChI=1S/C28H29ClN4O3S/c1-18-15-20(19(2)33(18)24-17-21(29)5-10-25(24)35-4)16-26-27(34)31(3)28(37-26)30-22-6-8-23(9-7-22)32-11-13-36-14-12-32/h5-10,15-17H,11-14H2,1-4H3/b26-16-,30-28?. The molecule has 0 N–H and O–H groups in total. The van der Waals surface area contributed by atoms with Gasteiger partial charge in [0.2, 0.25) is 0 Å². The van der Waals surface area contributed by atoms with Gasteiger partial charge in [0.05, 0.1) is 36.6 Å². The molecule has 2 fully saturated rings. The molecule has 1 amide bonds. The number of amidine groups is 1. The van der Waals surface area contributed by atoms with Gasteiger partial charge >= 0.3 is 0 Å². The molecule has 2 aliphatic rings. The van der Waals surface area contributed by atoms with E-state index < -0.39 is 0 Å². The fourth-order valence-electron chi connectivity index (χ4n) is 4.61. The van der Waals surface area contributed by atoms with Crippen molar-refractivity contribution in [1.29, 1.82) is 0 Å². The number of hydrogen-bond acceptors (Lipinski definition) is 6. The predicted molar refractivity (Wildman–Crippen MR) is 152 cm³/mol. The number of anilines is 1. The summed E-state index contributed by atoms with van der Waals surface area (Å²) < 4.78 is 13.1. The highest BCUT2D eigenvalue weighted by atomic mass is 35.5. The van der Waals surface area contributed by atoms with E-state index in [0.29, 0.717) is 15.1 Å². The van der Waals surface area contributed by atoms with Crippen molar-refractivity contribution in [2.24, 2.45) is 4.99 Å². The number of rotatable bonds is 5. The number of aliphatic imine (C=N–C) groups is 1. The van der Waals surface area contributed by atoms with Crippen LogP contribution in [0.1, 0.15) is 17.0 Å². The molecule has 2 aromatic carbocycles. The first kappa shape index (κ1) is 25.4. The topological polar surface area (TPSA) is 59.3 Å². The molecule has 0 aliphatic carbocycles. The molecule has 0 unspecified atom stereocenters. The van der Waals surface area contributed by atoms with Crippen molar-refractivity contribution in [1.82, 2.24) is 9.47 Å². The molecular weight excluding hydrogens is 508 g/mol. The number of aromatic nitrogens is 1. The minimum atomic E-state index is -0.0705. The van der Waals surface area contributed by atoms with Crippen LogP contribution in [0.3, 0.4) is 0 Å². The second-order valence-electron chi connectivity index (χ2n) is 8.96. The van der Waals surface area contributed by atoms with Crippen LogP contribution in [0.25, 0.3) is 11.8 Å². The van der Waals surface area contributed by atoms with Crippen LogP contribution in [0.2, 0.25) is 5.02 Å². The summed E-state index contributed by atoms with van der Waals surface area (Å²) in [5, 5.41) is 1.28. The molecule has 192 valence electrons. The average molecular weight is 537 g/mol. The van der Waals surface area contributed by atoms with Crippen LogP contribution in [-0.2, 0) is 9.53 Å². The Hall–Kier alpha value is -3.20. The molecule has 0 bridgehead atoms.